The highest BCUT2D eigenvalue weighted by Gasteiger charge is 2.11. The summed E-state index contributed by atoms with van der Waals surface area (Å²) in [5.74, 6) is -2.29. The van der Waals surface area contributed by atoms with Crippen LogP contribution in [-0.2, 0) is 14.1 Å². The van der Waals surface area contributed by atoms with Crippen LogP contribution in [0.4, 0.5) is 0 Å². The molecule has 4 N–H and O–H groups in total. The van der Waals surface area contributed by atoms with Gasteiger partial charge in [0.05, 0.1) is 6.33 Å². The van der Waals surface area contributed by atoms with Gasteiger partial charge < -0.3 is 20.3 Å². The monoisotopic (exact) mass is 334 g/mol. The van der Waals surface area contributed by atoms with Crippen molar-refractivity contribution in [1.29, 1.82) is 0 Å². The third kappa shape index (κ3) is 2.84. The van der Waals surface area contributed by atoms with Crippen LogP contribution in [0.1, 0.15) is 10.4 Å². The standard InChI is InChI=1S/C7H8N4O2.C7H6O4/c1-10-5-4(8-3-9-5)6(12)11(2)7(10)13;8-5-3-1-2-4(6(5)9)7(10)11/h3H,1-2H3,(H,8,9);1-3,8-9H,(H,10,11). The van der Waals surface area contributed by atoms with Crippen LogP contribution in [0.25, 0.3) is 11.2 Å². The highest BCUT2D eigenvalue weighted by atomic mass is 16.4. The number of fused-ring (bicyclic) bond motifs is 1. The predicted molar refractivity (Wildman–Crippen MR) is 83.3 cm³/mol. The second-order valence-corrected chi connectivity index (χ2v) is 4.79. The lowest BCUT2D eigenvalue weighted by molar-refractivity contribution is 0.0693. The summed E-state index contributed by atoms with van der Waals surface area (Å²) in [5, 5.41) is 26.2. The Balaban J connectivity index is 0.000000177. The average molecular weight is 334 g/mol. The van der Waals surface area contributed by atoms with E-state index in [9.17, 15) is 14.4 Å². The third-order valence-electron chi connectivity index (χ3n) is 3.27. The molecule has 3 aromatic rings. The van der Waals surface area contributed by atoms with Gasteiger partial charge in [0.15, 0.2) is 17.1 Å². The van der Waals surface area contributed by atoms with Crippen LogP contribution in [0.5, 0.6) is 11.5 Å². The fraction of sp³-hybridized carbons (Fsp3) is 0.143. The first-order valence-corrected chi connectivity index (χ1v) is 6.59. The van der Waals surface area contributed by atoms with Crippen LogP contribution < -0.4 is 11.2 Å². The number of benzene rings is 1. The highest BCUT2D eigenvalue weighted by Crippen LogP contribution is 2.27. The van der Waals surface area contributed by atoms with Crippen molar-refractivity contribution in [3.05, 3.63) is 50.9 Å². The maximum atomic E-state index is 11.4. The van der Waals surface area contributed by atoms with Gasteiger partial charge >= 0.3 is 11.7 Å². The molecule has 0 amide bonds. The Kier molecular flexibility index (Phi) is 4.40. The third-order valence-corrected chi connectivity index (χ3v) is 3.27. The number of carboxylic acids is 1. The van der Waals surface area contributed by atoms with Gasteiger partial charge in [-0.2, -0.15) is 0 Å². The number of aryl methyl sites for hydroxylation is 1. The van der Waals surface area contributed by atoms with Gasteiger partial charge in [-0.3, -0.25) is 13.9 Å². The molecule has 0 bridgehead atoms. The molecule has 2 aromatic heterocycles. The molecule has 3 rings (SSSR count). The summed E-state index contributed by atoms with van der Waals surface area (Å²) >= 11 is 0. The zero-order valence-electron chi connectivity index (χ0n) is 12.7. The zero-order valence-corrected chi connectivity index (χ0v) is 12.7. The Labute approximate surface area is 133 Å². The Morgan fingerprint density at radius 3 is 2.42 bits per heavy atom. The van der Waals surface area contributed by atoms with Gasteiger partial charge in [-0.25, -0.2) is 14.6 Å². The number of carboxylic acid groups (broad SMARTS) is 1. The molecule has 0 radical (unpaired) electrons. The lowest BCUT2D eigenvalue weighted by Gasteiger charge is -2.00. The Morgan fingerprint density at radius 1 is 1.17 bits per heavy atom. The fourth-order valence-electron chi connectivity index (χ4n) is 1.97. The second kappa shape index (κ2) is 6.28. The molecule has 0 spiro atoms. The number of hydrogen-bond donors (Lipinski definition) is 4. The lowest BCUT2D eigenvalue weighted by Crippen LogP contribution is -2.36. The van der Waals surface area contributed by atoms with Crippen molar-refractivity contribution in [2.75, 3.05) is 0 Å². The quantitative estimate of drug-likeness (QED) is 0.448. The lowest BCUT2D eigenvalue weighted by atomic mass is 10.2. The van der Waals surface area contributed by atoms with Gasteiger partial charge in [0, 0.05) is 14.1 Å². The minimum Gasteiger partial charge on any atom is -0.504 e. The number of para-hydroxylation sites is 1. The molecule has 1 aromatic carbocycles. The van der Waals surface area contributed by atoms with Gasteiger partial charge in [0.25, 0.3) is 5.56 Å². The van der Waals surface area contributed by atoms with Gasteiger partial charge in [0.1, 0.15) is 11.1 Å². The maximum Gasteiger partial charge on any atom is 0.339 e. The first kappa shape index (κ1) is 16.8. The van der Waals surface area contributed by atoms with Crippen molar-refractivity contribution in [2.45, 2.75) is 0 Å². The van der Waals surface area contributed by atoms with Gasteiger partial charge in [0.2, 0.25) is 0 Å². The molecule has 0 aliphatic carbocycles. The molecule has 24 heavy (non-hydrogen) atoms. The number of carbonyl (C=O) groups is 1. The summed E-state index contributed by atoms with van der Waals surface area (Å²) in [6.45, 7) is 0. The van der Waals surface area contributed by atoms with Crippen molar-refractivity contribution < 1.29 is 20.1 Å². The number of aromatic carboxylic acids is 1. The Hall–Kier alpha value is -3.56. The summed E-state index contributed by atoms with van der Waals surface area (Å²) < 4.78 is 2.37. The average Bonchev–Trinajstić information content (AvgIpc) is 3.03. The number of imidazole rings is 1. The van der Waals surface area contributed by atoms with Crippen molar-refractivity contribution in [2.24, 2.45) is 14.1 Å². The molecule has 0 atom stereocenters. The largest absolute Gasteiger partial charge is 0.504 e. The highest BCUT2D eigenvalue weighted by molar-refractivity contribution is 5.91. The van der Waals surface area contributed by atoms with E-state index >= 15 is 0 Å². The van der Waals surface area contributed by atoms with E-state index in [2.05, 4.69) is 9.97 Å². The van der Waals surface area contributed by atoms with Gasteiger partial charge in [-0.15, -0.1) is 0 Å². The molecule has 126 valence electrons. The number of aromatic amines is 1. The maximum absolute atomic E-state index is 11.4. The zero-order chi connectivity index (χ0) is 18.0. The molecule has 0 aliphatic heterocycles. The molecule has 0 unspecified atom stereocenters. The molecular formula is C14H14N4O6. The summed E-state index contributed by atoms with van der Waals surface area (Å²) in [7, 11) is 3.01. The summed E-state index contributed by atoms with van der Waals surface area (Å²) in [5.41, 5.74) is -0.289. The normalized spacial score (nSPS) is 10.2. The molecule has 0 saturated carbocycles. The van der Waals surface area contributed by atoms with E-state index in [1.54, 1.807) is 7.05 Å². The summed E-state index contributed by atoms with van der Waals surface area (Å²) in [6, 6.07) is 3.76. The van der Waals surface area contributed by atoms with Crippen LogP contribution in [0.2, 0.25) is 0 Å². The summed E-state index contributed by atoms with van der Waals surface area (Å²) in [6.07, 6.45) is 1.39. The van der Waals surface area contributed by atoms with Crippen LogP contribution in [0, 0.1) is 0 Å². The Morgan fingerprint density at radius 2 is 1.83 bits per heavy atom. The smallest absolute Gasteiger partial charge is 0.339 e. The van der Waals surface area contributed by atoms with Crippen LogP contribution in [0.15, 0.2) is 34.1 Å². The van der Waals surface area contributed by atoms with Crippen LogP contribution in [-0.4, -0.2) is 40.4 Å². The molecule has 0 saturated heterocycles. The van der Waals surface area contributed by atoms with Crippen LogP contribution in [0.3, 0.4) is 0 Å². The first-order chi connectivity index (χ1) is 11.3. The number of aromatic hydroxyl groups is 2. The summed E-state index contributed by atoms with van der Waals surface area (Å²) in [4.78, 5) is 39.7. The molecule has 10 heteroatoms. The number of hydrogen-bond acceptors (Lipinski definition) is 6. The van der Waals surface area contributed by atoms with Gasteiger partial charge in [-0.1, -0.05) is 6.07 Å². The van der Waals surface area contributed by atoms with Crippen molar-refractivity contribution in [1.82, 2.24) is 19.1 Å². The minimum absolute atomic E-state index is 0.301. The Bertz CT molecular complexity index is 1030. The van der Waals surface area contributed by atoms with Crippen molar-refractivity contribution >= 4 is 17.1 Å². The fourth-order valence-corrected chi connectivity index (χ4v) is 1.97. The van der Waals surface area contributed by atoms with Crippen LogP contribution >= 0.6 is 0 Å². The van der Waals surface area contributed by atoms with E-state index in [-0.39, 0.29) is 16.8 Å². The first-order valence-electron chi connectivity index (χ1n) is 6.59. The van der Waals surface area contributed by atoms with E-state index in [0.717, 1.165) is 4.57 Å². The number of phenolic OH excluding ortho intramolecular Hbond substituents is 1. The molecule has 10 nitrogen and oxygen atoms in total. The van der Waals surface area contributed by atoms with E-state index in [0.29, 0.717) is 11.2 Å². The SMILES string of the molecule is Cn1c(=O)c2[nH]cnc2n(C)c1=O.O=C(O)c1cccc(O)c1O. The van der Waals surface area contributed by atoms with Crippen molar-refractivity contribution in [3.63, 3.8) is 0 Å². The minimum atomic E-state index is -1.27. The van der Waals surface area contributed by atoms with Gasteiger partial charge in [-0.05, 0) is 12.1 Å². The van der Waals surface area contributed by atoms with E-state index in [1.807, 2.05) is 0 Å². The second-order valence-electron chi connectivity index (χ2n) is 4.79. The molecule has 0 aliphatic rings. The van der Waals surface area contributed by atoms with Crippen molar-refractivity contribution in [3.8, 4) is 11.5 Å². The number of aromatic nitrogens is 4. The molecular weight excluding hydrogens is 320 g/mol. The van der Waals surface area contributed by atoms with E-state index in [4.69, 9.17) is 15.3 Å². The molecule has 0 fully saturated rings. The number of H-pyrrole nitrogens is 1. The predicted octanol–water partition coefficient (Wildman–Crippen LogP) is -0.244. The number of rotatable bonds is 1. The number of nitrogens with one attached hydrogen (secondary N) is 1. The van der Waals surface area contributed by atoms with E-state index in [1.165, 1.54) is 36.1 Å². The number of nitrogens with zero attached hydrogens (tertiary/aromatic N) is 3. The molecule has 2 heterocycles. The van der Waals surface area contributed by atoms with E-state index < -0.39 is 17.5 Å². The topological polar surface area (TPSA) is 150 Å². The number of phenols is 2.